The van der Waals surface area contributed by atoms with Gasteiger partial charge in [-0.2, -0.15) is 0 Å². The summed E-state index contributed by atoms with van der Waals surface area (Å²) < 4.78 is 1.82. The van der Waals surface area contributed by atoms with Gasteiger partial charge in [0.2, 0.25) is 0 Å². The molecule has 0 aromatic rings. The first-order valence-electron chi connectivity index (χ1n) is 5.09. The van der Waals surface area contributed by atoms with Gasteiger partial charge in [0.15, 0.2) is 0 Å². The fourth-order valence-corrected chi connectivity index (χ4v) is 9.83. The third-order valence-electron chi connectivity index (χ3n) is 2.64. The Labute approximate surface area is 84.0 Å². The van der Waals surface area contributed by atoms with Crippen molar-refractivity contribution in [3.63, 3.8) is 0 Å². The molecule has 0 aromatic heterocycles. The van der Waals surface area contributed by atoms with Gasteiger partial charge in [-0.3, -0.25) is 0 Å². The van der Waals surface area contributed by atoms with Crippen LogP contribution in [0.3, 0.4) is 0 Å². The predicted octanol–water partition coefficient (Wildman–Crippen LogP) is 4.74. The van der Waals surface area contributed by atoms with Crippen LogP contribution in [0.15, 0.2) is 21.5 Å². The van der Waals surface area contributed by atoms with E-state index < -0.39 is 15.8 Å². The van der Waals surface area contributed by atoms with Crippen LogP contribution in [0.1, 0.15) is 20.3 Å². The molecule has 1 rings (SSSR count). The first-order valence-corrected chi connectivity index (χ1v) is 19.5. The van der Waals surface area contributed by atoms with Gasteiger partial charge in [-0.1, -0.05) is 0 Å². The molecule has 1 aliphatic carbocycles. The van der Waals surface area contributed by atoms with E-state index in [0.29, 0.717) is 5.92 Å². The molecular weight excluding hydrogens is 325 g/mol. The van der Waals surface area contributed by atoms with Gasteiger partial charge in [0.1, 0.15) is 0 Å². The zero-order chi connectivity index (χ0) is 10.3. The van der Waals surface area contributed by atoms with Gasteiger partial charge < -0.3 is 0 Å². The second-order valence-electron chi connectivity index (χ2n) is 6.24. The molecule has 0 aromatic carbocycles. The summed E-state index contributed by atoms with van der Waals surface area (Å²) in [6.45, 7) is 4.62. The number of rotatable bonds is 2. The maximum atomic E-state index is 2.54. The van der Waals surface area contributed by atoms with E-state index in [1.807, 2.05) is 3.79 Å². The van der Waals surface area contributed by atoms with Crippen LogP contribution >= 0.6 is 0 Å². The summed E-state index contributed by atoms with van der Waals surface area (Å²) in [5, 5.41) is 10.2. The van der Waals surface area contributed by atoms with Gasteiger partial charge in [-0.05, 0) is 0 Å². The van der Waals surface area contributed by atoms with Gasteiger partial charge >= 0.3 is 84.1 Å². The fourth-order valence-electron chi connectivity index (χ4n) is 1.92. The molecule has 1 aliphatic rings. The van der Waals surface area contributed by atoms with Crippen molar-refractivity contribution in [1.82, 2.24) is 0 Å². The summed E-state index contributed by atoms with van der Waals surface area (Å²) in [5.74, 6) is 0.711. The molecule has 0 saturated carbocycles. The van der Waals surface area contributed by atoms with Crippen LogP contribution in [-0.4, -0.2) is 0 Å². The molecule has 0 N–H and O–H groups in total. The van der Waals surface area contributed by atoms with Crippen LogP contribution in [-0.2, 0) is 15.8 Å². The van der Waals surface area contributed by atoms with Crippen LogP contribution in [0, 0.1) is 5.92 Å². The first kappa shape index (κ1) is 11.3. The van der Waals surface area contributed by atoms with E-state index in [0.717, 1.165) is 0 Å². The summed E-state index contributed by atoms with van der Waals surface area (Å²) in [6.07, 6.45) is 5.94. The van der Waals surface area contributed by atoms with E-state index in [-0.39, 0.29) is 0 Å². The fraction of sp³-hybridized carbons (Fsp3) is 0.667. The zero-order valence-corrected chi connectivity index (χ0v) is 13.1. The third kappa shape index (κ3) is 2.59. The van der Waals surface area contributed by atoms with Crippen molar-refractivity contribution >= 4 is 0 Å². The van der Waals surface area contributed by atoms with E-state index in [4.69, 9.17) is 0 Å². The van der Waals surface area contributed by atoms with E-state index in [2.05, 4.69) is 46.6 Å². The zero-order valence-electron chi connectivity index (χ0n) is 9.89. The van der Waals surface area contributed by atoms with Gasteiger partial charge in [0.25, 0.3) is 0 Å². The summed E-state index contributed by atoms with van der Waals surface area (Å²) in [6, 6.07) is 0. The molecule has 0 unspecified atom stereocenters. The molecular formula is C12H23Ta. The average molecular weight is 348 g/mol. The van der Waals surface area contributed by atoms with Crippen molar-refractivity contribution in [2.24, 2.45) is 5.92 Å². The Morgan fingerprint density at radius 3 is 2.00 bits per heavy atom. The van der Waals surface area contributed by atoms with Crippen LogP contribution < -0.4 is 0 Å². The van der Waals surface area contributed by atoms with Crippen molar-refractivity contribution in [2.45, 2.75) is 40.8 Å². The molecule has 0 saturated heterocycles. The van der Waals surface area contributed by atoms with Gasteiger partial charge in [-0.15, -0.1) is 0 Å². The van der Waals surface area contributed by atoms with Crippen molar-refractivity contribution in [3.8, 4) is 0 Å². The molecule has 0 radical (unpaired) electrons. The van der Waals surface area contributed by atoms with Crippen molar-refractivity contribution in [2.75, 3.05) is 0 Å². The van der Waals surface area contributed by atoms with Gasteiger partial charge in [0, 0.05) is 0 Å². The van der Waals surface area contributed by atoms with E-state index in [1.165, 1.54) is 6.42 Å². The summed E-state index contributed by atoms with van der Waals surface area (Å²) in [5.41, 5.74) is 1.64. The van der Waals surface area contributed by atoms with Crippen molar-refractivity contribution in [3.05, 3.63) is 21.5 Å². The van der Waals surface area contributed by atoms with Crippen LogP contribution in [0.5, 0.6) is 0 Å². The van der Waals surface area contributed by atoms with Crippen LogP contribution in [0.2, 0.25) is 20.6 Å². The molecule has 76 valence electrons. The van der Waals surface area contributed by atoms with Crippen molar-refractivity contribution < 1.29 is 15.8 Å². The number of hydrogen-bond acceptors (Lipinski definition) is 0. The number of hydrogen-bond donors (Lipinski definition) is 0. The third-order valence-corrected chi connectivity index (χ3v) is 12.0. The van der Waals surface area contributed by atoms with E-state index >= 15 is 0 Å². The van der Waals surface area contributed by atoms with E-state index in [1.54, 1.807) is 5.57 Å². The SMILES string of the molecule is CC(C)C1=[C]([Ta]([CH3])([CH3])([CH3])[CH3])CC=C1. The minimum absolute atomic E-state index is 0.711. The molecule has 0 bridgehead atoms. The Morgan fingerprint density at radius 2 is 1.69 bits per heavy atom. The normalized spacial score (nSPS) is 21.0. The second-order valence-corrected chi connectivity index (χ2v) is 33.9. The van der Waals surface area contributed by atoms with Gasteiger partial charge in [0.05, 0.1) is 0 Å². The topological polar surface area (TPSA) is 0 Å². The molecule has 13 heavy (non-hydrogen) atoms. The summed E-state index contributed by atoms with van der Waals surface area (Å²) >= 11 is -2.41. The summed E-state index contributed by atoms with van der Waals surface area (Å²) in [4.78, 5) is 0. The molecule has 0 atom stereocenters. The second kappa shape index (κ2) is 3.12. The number of allylic oxidation sites excluding steroid dienone is 4. The average Bonchev–Trinajstić information content (AvgIpc) is 2.28. The van der Waals surface area contributed by atoms with Crippen molar-refractivity contribution in [1.29, 1.82) is 0 Å². The Balaban J connectivity index is 3.14. The Morgan fingerprint density at radius 1 is 1.15 bits per heavy atom. The maximum absolute atomic E-state index is 2.54. The monoisotopic (exact) mass is 348 g/mol. The van der Waals surface area contributed by atoms with Gasteiger partial charge in [-0.25, -0.2) is 0 Å². The summed E-state index contributed by atoms with van der Waals surface area (Å²) in [7, 11) is 0. The Kier molecular flexibility index (Phi) is 2.71. The predicted molar refractivity (Wildman–Crippen MR) is 59.1 cm³/mol. The van der Waals surface area contributed by atoms with E-state index in [9.17, 15) is 0 Å². The van der Waals surface area contributed by atoms with Crippen LogP contribution in [0.25, 0.3) is 0 Å². The first-order chi connectivity index (χ1) is 5.68. The Bertz CT molecular complexity index is 262. The molecule has 0 aliphatic heterocycles. The minimum atomic E-state index is -2.41. The quantitative estimate of drug-likeness (QED) is 0.676. The molecule has 0 spiro atoms. The standard InChI is InChI=1S/C8H11.4CH3.Ta/c1-7(2)8-5-3-4-6-8;;;;;/h3,5,7H,4H2,1-2H3;4*1H3;. The molecule has 0 fully saturated rings. The Hall–Kier alpha value is 0.220. The molecule has 0 amide bonds. The molecule has 1 heteroatoms. The molecule has 0 nitrogen and oxygen atoms in total. The molecule has 0 heterocycles. The van der Waals surface area contributed by atoms with Crippen LogP contribution in [0.4, 0.5) is 0 Å².